The summed E-state index contributed by atoms with van der Waals surface area (Å²) in [7, 11) is 0. The van der Waals surface area contributed by atoms with E-state index in [9.17, 15) is 9.59 Å². The number of rotatable bonds is 17. The van der Waals surface area contributed by atoms with Crippen molar-refractivity contribution in [3.8, 4) is 11.1 Å². The van der Waals surface area contributed by atoms with Crippen LogP contribution in [0.2, 0.25) is 0 Å². The van der Waals surface area contributed by atoms with Gasteiger partial charge in [-0.05, 0) is 112 Å². The summed E-state index contributed by atoms with van der Waals surface area (Å²) in [5, 5.41) is 0. The number of nitrogens with zero attached hydrogens (tertiary/aromatic N) is 2. The van der Waals surface area contributed by atoms with Gasteiger partial charge in [-0.1, -0.05) is 73.5 Å². The molecule has 0 spiro atoms. The lowest BCUT2D eigenvalue weighted by Gasteiger charge is -2.40. The molecule has 4 rings (SSSR count). The van der Waals surface area contributed by atoms with Crippen molar-refractivity contribution in [2.45, 2.75) is 91.9 Å². The second kappa shape index (κ2) is 19.1. The van der Waals surface area contributed by atoms with E-state index in [0.717, 1.165) is 73.9 Å². The van der Waals surface area contributed by atoms with Crippen LogP contribution in [0.25, 0.3) is 11.1 Å². The van der Waals surface area contributed by atoms with Crippen molar-refractivity contribution in [2.24, 2.45) is 0 Å². The van der Waals surface area contributed by atoms with Gasteiger partial charge in [0, 0.05) is 0 Å². The summed E-state index contributed by atoms with van der Waals surface area (Å²) in [6.45, 7) is 16.6. The standard InChI is InChI=1S/C42H62N2O4/c1-5-29-47-41(45)33-43(23-9-7-10-24-43)27-21-35(3)31-37-13-17-39(18-14-37)40-19-15-38(16-20-40)32-36(4)22-28-44(25-11-8-12-26-44)34-42(46)48-30-6-2/h13-22H,5-12,23-34H2,1-4H3/q+2/b35-21-,36-22-. The Hall–Kier alpha value is -3.22. The minimum atomic E-state index is -0.0509. The lowest BCUT2D eigenvalue weighted by molar-refractivity contribution is -0.920. The van der Waals surface area contributed by atoms with Crippen LogP contribution >= 0.6 is 0 Å². The van der Waals surface area contributed by atoms with Gasteiger partial charge in [-0.15, -0.1) is 0 Å². The van der Waals surface area contributed by atoms with Crippen molar-refractivity contribution >= 4 is 11.9 Å². The molecular weight excluding hydrogens is 596 g/mol. The normalized spacial score (nSPS) is 17.9. The maximum Gasteiger partial charge on any atom is 0.361 e. The average Bonchev–Trinajstić information content (AvgIpc) is 3.10. The number of quaternary nitrogens is 2. The van der Waals surface area contributed by atoms with Gasteiger partial charge in [-0.3, -0.25) is 0 Å². The molecule has 2 fully saturated rings. The molecule has 2 aliphatic heterocycles. The van der Waals surface area contributed by atoms with Gasteiger partial charge in [-0.25, -0.2) is 9.59 Å². The van der Waals surface area contributed by atoms with Crippen LogP contribution in [-0.4, -0.2) is 86.5 Å². The first kappa shape index (κ1) is 37.6. The lowest BCUT2D eigenvalue weighted by atomic mass is 9.98. The Bertz CT molecular complexity index is 1240. The first-order valence-corrected chi connectivity index (χ1v) is 18.7. The Morgan fingerprint density at radius 3 is 1.27 bits per heavy atom. The quantitative estimate of drug-likeness (QED) is 0.0976. The second-order valence-electron chi connectivity index (χ2n) is 14.7. The maximum absolute atomic E-state index is 12.5. The molecule has 2 aliphatic rings. The van der Waals surface area contributed by atoms with Gasteiger partial charge in [0.15, 0.2) is 13.1 Å². The molecule has 48 heavy (non-hydrogen) atoms. The van der Waals surface area contributed by atoms with E-state index in [-0.39, 0.29) is 11.9 Å². The highest BCUT2D eigenvalue weighted by atomic mass is 16.5. The lowest BCUT2D eigenvalue weighted by Crippen LogP contribution is -2.54. The van der Waals surface area contributed by atoms with Crippen molar-refractivity contribution in [3.63, 3.8) is 0 Å². The third kappa shape index (κ3) is 12.0. The highest BCUT2D eigenvalue weighted by molar-refractivity contribution is 5.71. The Morgan fingerprint density at radius 1 is 0.583 bits per heavy atom. The Labute approximate surface area is 291 Å². The maximum atomic E-state index is 12.5. The topological polar surface area (TPSA) is 52.6 Å². The molecule has 2 saturated heterocycles. The van der Waals surface area contributed by atoms with Crippen LogP contribution in [0.1, 0.15) is 90.2 Å². The second-order valence-corrected chi connectivity index (χ2v) is 14.7. The molecule has 0 N–H and O–H groups in total. The summed E-state index contributed by atoms with van der Waals surface area (Å²) in [5.41, 5.74) is 7.79. The molecule has 2 aromatic carbocycles. The summed E-state index contributed by atoms with van der Waals surface area (Å²) in [6.07, 6.45) is 15.6. The number of esters is 2. The molecule has 262 valence electrons. The molecule has 0 amide bonds. The predicted molar refractivity (Wildman–Crippen MR) is 196 cm³/mol. The molecule has 0 saturated carbocycles. The highest BCUT2D eigenvalue weighted by Gasteiger charge is 2.33. The number of hydrogen-bond donors (Lipinski definition) is 0. The summed E-state index contributed by atoms with van der Waals surface area (Å²) >= 11 is 0. The van der Waals surface area contributed by atoms with E-state index < -0.39 is 0 Å². The van der Waals surface area contributed by atoms with Crippen molar-refractivity contribution in [3.05, 3.63) is 83.0 Å². The van der Waals surface area contributed by atoms with Gasteiger partial charge in [-0.2, -0.15) is 0 Å². The third-order valence-corrected chi connectivity index (χ3v) is 10.3. The number of carbonyl (C=O) groups excluding carboxylic acids is 2. The van der Waals surface area contributed by atoms with Crippen LogP contribution in [0.5, 0.6) is 0 Å². The zero-order valence-electron chi connectivity index (χ0n) is 30.4. The predicted octanol–water partition coefficient (Wildman–Crippen LogP) is 8.24. The van der Waals surface area contributed by atoms with E-state index >= 15 is 0 Å². The average molecular weight is 659 g/mol. The Morgan fingerprint density at radius 2 is 0.938 bits per heavy atom. The molecule has 0 radical (unpaired) electrons. The first-order chi connectivity index (χ1) is 23.2. The number of hydrogen-bond acceptors (Lipinski definition) is 4. The van der Waals surface area contributed by atoms with Crippen LogP contribution in [0.15, 0.2) is 71.8 Å². The third-order valence-electron chi connectivity index (χ3n) is 10.3. The van der Waals surface area contributed by atoms with E-state index in [4.69, 9.17) is 9.47 Å². The Balaban J connectivity index is 1.30. The number of allylic oxidation sites excluding steroid dienone is 2. The zero-order valence-corrected chi connectivity index (χ0v) is 30.4. The Kier molecular flexibility index (Phi) is 15.0. The van der Waals surface area contributed by atoms with Gasteiger partial charge >= 0.3 is 11.9 Å². The van der Waals surface area contributed by atoms with Gasteiger partial charge < -0.3 is 18.4 Å². The molecular formula is C42H62N2O4+2. The largest absolute Gasteiger partial charge is 0.462 e. The molecule has 0 aromatic heterocycles. The molecule has 6 heteroatoms. The monoisotopic (exact) mass is 658 g/mol. The molecule has 0 unspecified atom stereocenters. The van der Waals surface area contributed by atoms with Crippen molar-refractivity contribution < 1.29 is 28.0 Å². The van der Waals surface area contributed by atoms with Gasteiger partial charge in [0.2, 0.25) is 0 Å². The van der Waals surface area contributed by atoms with Gasteiger partial charge in [0.05, 0.1) is 52.5 Å². The zero-order chi connectivity index (χ0) is 34.2. The van der Waals surface area contributed by atoms with Crippen LogP contribution in [0.3, 0.4) is 0 Å². The summed E-state index contributed by atoms with van der Waals surface area (Å²) < 4.78 is 12.6. The fourth-order valence-electron chi connectivity index (χ4n) is 7.36. The van der Waals surface area contributed by atoms with E-state index in [0.29, 0.717) is 26.3 Å². The minimum Gasteiger partial charge on any atom is -0.462 e. The molecule has 2 heterocycles. The van der Waals surface area contributed by atoms with E-state index in [2.05, 4.69) is 74.5 Å². The van der Waals surface area contributed by atoms with Gasteiger partial charge in [0.1, 0.15) is 0 Å². The van der Waals surface area contributed by atoms with E-state index in [1.807, 2.05) is 13.8 Å². The fraction of sp³-hybridized carbons (Fsp3) is 0.571. The first-order valence-electron chi connectivity index (χ1n) is 18.7. The molecule has 0 atom stereocenters. The van der Waals surface area contributed by atoms with Crippen LogP contribution in [-0.2, 0) is 31.9 Å². The minimum absolute atomic E-state index is 0.0509. The number of piperidine rings is 2. The SMILES string of the molecule is CCCOC(=O)C[N+]1(C/C=C(/C)Cc2ccc(-c3ccc(C/C(C)=C\C[N+]4(CC(=O)OCCC)CCCCC4)cc3)cc2)CCCCC1. The molecule has 0 aliphatic carbocycles. The molecule has 6 nitrogen and oxygen atoms in total. The van der Waals surface area contributed by atoms with Crippen molar-refractivity contribution in [2.75, 3.05) is 65.6 Å². The number of ether oxygens (including phenoxy) is 2. The van der Waals surface area contributed by atoms with Crippen LogP contribution in [0, 0.1) is 0 Å². The van der Waals surface area contributed by atoms with E-state index in [1.165, 1.54) is 71.9 Å². The molecule has 0 bridgehead atoms. The molecule has 2 aromatic rings. The number of benzene rings is 2. The summed E-state index contributed by atoms with van der Waals surface area (Å²) in [4.78, 5) is 25.0. The van der Waals surface area contributed by atoms with E-state index in [1.54, 1.807) is 0 Å². The number of carbonyl (C=O) groups is 2. The van der Waals surface area contributed by atoms with Crippen molar-refractivity contribution in [1.82, 2.24) is 0 Å². The fourth-order valence-corrected chi connectivity index (χ4v) is 7.36. The summed E-state index contributed by atoms with van der Waals surface area (Å²) in [5.74, 6) is -0.102. The van der Waals surface area contributed by atoms with Crippen LogP contribution < -0.4 is 0 Å². The number of likely N-dealkylation sites (tertiary alicyclic amines) is 2. The highest BCUT2D eigenvalue weighted by Crippen LogP contribution is 2.24. The summed E-state index contributed by atoms with van der Waals surface area (Å²) in [6, 6.07) is 17.9. The van der Waals surface area contributed by atoms with Crippen molar-refractivity contribution in [1.29, 1.82) is 0 Å². The van der Waals surface area contributed by atoms with Crippen LogP contribution in [0.4, 0.5) is 0 Å². The smallest absolute Gasteiger partial charge is 0.361 e. The van der Waals surface area contributed by atoms with Gasteiger partial charge in [0.25, 0.3) is 0 Å².